The molecule has 0 heterocycles. The molecule has 0 saturated carbocycles. The van der Waals surface area contributed by atoms with Crippen molar-refractivity contribution in [1.82, 2.24) is 10.2 Å². The predicted octanol–water partition coefficient (Wildman–Crippen LogP) is 4.82. The zero-order valence-corrected chi connectivity index (χ0v) is 16.8. The van der Waals surface area contributed by atoms with Crippen molar-refractivity contribution < 1.29 is 9.59 Å². The summed E-state index contributed by atoms with van der Waals surface area (Å²) in [4.78, 5) is 26.9. The van der Waals surface area contributed by atoms with E-state index in [1.54, 1.807) is 23.1 Å². The fraction of sp³-hybridized carbons (Fsp3) is 0.579. The van der Waals surface area contributed by atoms with Gasteiger partial charge >= 0.3 is 0 Å². The summed E-state index contributed by atoms with van der Waals surface area (Å²) >= 11 is 12.5. The normalized spacial score (nSPS) is 11.9. The molecular formula is C19H28Cl2N2O2. The molecule has 140 valence electrons. The molecule has 6 heteroatoms. The second-order valence-electron chi connectivity index (χ2n) is 6.04. The van der Waals surface area contributed by atoms with E-state index >= 15 is 0 Å². The van der Waals surface area contributed by atoms with E-state index in [4.69, 9.17) is 23.2 Å². The van der Waals surface area contributed by atoms with Gasteiger partial charge in [-0.3, -0.25) is 9.59 Å². The van der Waals surface area contributed by atoms with E-state index in [0.29, 0.717) is 35.0 Å². The standard InChI is InChI=1S/C19H28Cl2N2O2/c1-4-7-12-22-19(25)17(6-3)23(18(24)9-5-2)13-14-15(20)10-8-11-16(14)21/h8,10-11,17H,4-7,9,12-13H2,1-3H3,(H,22,25)/t17-/m1/s1. The number of nitrogens with zero attached hydrogens (tertiary/aromatic N) is 1. The van der Waals surface area contributed by atoms with Crippen LogP contribution in [0.3, 0.4) is 0 Å². The van der Waals surface area contributed by atoms with Crippen molar-refractivity contribution in [3.8, 4) is 0 Å². The molecule has 0 unspecified atom stereocenters. The second kappa shape index (κ2) is 11.4. The maximum absolute atomic E-state index is 12.7. The average molecular weight is 387 g/mol. The lowest BCUT2D eigenvalue weighted by Gasteiger charge is -2.31. The Morgan fingerprint density at radius 3 is 2.28 bits per heavy atom. The number of rotatable bonds is 10. The minimum Gasteiger partial charge on any atom is -0.354 e. The zero-order chi connectivity index (χ0) is 18.8. The first-order chi connectivity index (χ1) is 12.0. The summed E-state index contributed by atoms with van der Waals surface area (Å²) in [6, 6.07) is 4.73. The van der Waals surface area contributed by atoms with Crippen LogP contribution < -0.4 is 5.32 Å². The van der Waals surface area contributed by atoms with Gasteiger partial charge in [-0.25, -0.2) is 0 Å². The van der Waals surface area contributed by atoms with Crippen LogP contribution in [0.15, 0.2) is 18.2 Å². The summed E-state index contributed by atoms with van der Waals surface area (Å²) in [6.07, 6.45) is 3.57. The van der Waals surface area contributed by atoms with Gasteiger partial charge in [0.15, 0.2) is 0 Å². The van der Waals surface area contributed by atoms with Gasteiger partial charge in [0.1, 0.15) is 6.04 Å². The minimum absolute atomic E-state index is 0.0593. The molecule has 2 amide bonds. The van der Waals surface area contributed by atoms with E-state index in [2.05, 4.69) is 12.2 Å². The van der Waals surface area contributed by atoms with Gasteiger partial charge in [0, 0.05) is 35.1 Å². The lowest BCUT2D eigenvalue weighted by molar-refractivity contribution is -0.141. The van der Waals surface area contributed by atoms with Crippen LogP contribution in [0.25, 0.3) is 0 Å². The van der Waals surface area contributed by atoms with Crippen molar-refractivity contribution >= 4 is 35.0 Å². The van der Waals surface area contributed by atoms with Gasteiger partial charge < -0.3 is 10.2 Å². The van der Waals surface area contributed by atoms with Crippen LogP contribution in [-0.2, 0) is 16.1 Å². The highest BCUT2D eigenvalue weighted by Gasteiger charge is 2.28. The van der Waals surface area contributed by atoms with Crippen LogP contribution in [-0.4, -0.2) is 29.3 Å². The zero-order valence-electron chi connectivity index (χ0n) is 15.3. The van der Waals surface area contributed by atoms with Gasteiger partial charge in [-0.05, 0) is 31.4 Å². The highest BCUT2D eigenvalue weighted by atomic mass is 35.5. The van der Waals surface area contributed by atoms with Crippen LogP contribution in [0.1, 0.15) is 58.4 Å². The van der Waals surface area contributed by atoms with E-state index in [-0.39, 0.29) is 18.4 Å². The van der Waals surface area contributed by atoms with E-state index in [0.717, 1.165) is 19.3 Å². The number of nitrogens with one attached hydrogen (secondary N) is 1. The number of carbonyl (C=O) groups is 2. The Kier molecular flexibility index (Phi) is 9.91. The Balaban J connectivity index is 3.05. The maximum atomic E-state index is 12.7. The van der Waals surface area contributed by atoms with E-state index in [1.165, 1.54) is 0 Å². The lowest BCUT2D eigenvalue weighted by atomic mass is 10.1. The van der Waals surface area contributed by atoms with Crippen LogP contribution >= 0.6 is 23.2 Å². The Hall–Kier alpha value is -1.26. The first kappa shape index (κ1) is 21.8. The largest absolute Gasteiger partial charge is 0.354 e. The molecule has 0 fully saturated rings. The van der Waals surface area contributed by atoms with E-state index in [9.17, 15) is 9.59 Å². The Labute approximate surface area is 160 Å². The third-order valence-corrected chi connectivity index (χ3v) is 4.78. The summed E-state index contributed by atoms with van der Waals surface area (Å²) in [7, 11) is 0. The molecule has 1 rings (SSSR count). The molecule has 25 heavy (non-hydrogen) atoms. The third kappa shape index (κ3) is 6.52. The van der Waals surface area contributed by atoms with E-state index < -0.39 is 6.04 Å². The summed E-state index contributed by atoms with van der Waals surface area (Å²) < 4.78 is 0. The molecule has 4 nitrogen and oxygen atoms in total. The van der Waals surface area contributed by atoms with Crippen LogP contribution in [0.4, 0.5) is 0 Å². The predicted molar refractivity (Wildman–Crippen MR) is 104 cm³/mol. The Morgan fingerprint density at radius 1 is 1.12 bits per heavy atom. The fourth-order valence-corrected chi connectivity index (χ4v) is 3.15. The lowest BCUT2D eigenvalue weighted by Crippen LogP contribution is -2.49. The molecule has 0 radical (unpaired) electrons. The molecule has 0 bridgehead atoms. The number of carbonyl (C=O) groups excluding carboxylic acids is 2. The number of hydrogen-bond acceptors (Lipinski definition) is 2. The van der Waals surface area contributed by atoms with Crippen molar-refractivity contribution in [3.05, 3.63) is 33.8 Å². The number of benzene rings is 1. The van der Waals surface area contributed by atoms with Crippen LogP contribution in [0, 0.1) is 0 Å². The Bertz CT molecular complexity index is 558. The van der Waals surface area contributed by atoms with Gasteiger partial charge in [-0.15, -0.1) is 0 Å². The first-order valence-corrected chi connectivity index (χ1v) is 9.71. The molecule has 0 aliphatic carbocycles. The van der Waals surface area contributed by atoms with Gasteiger partial charge in [0.2, 0.25) is 11.8 Å². The maximum Gasteiger partial charge on any atom is 0.242 e. The third-order valence-electron chi connectivity index (χ3n) is 4.07. The summed E-state index contributed by atoms with van der Waals surface area (Å²) in [5.74, 6) is -0.181. The molecule has 1 atom stereocenters. The molecule has 1 N–H and O–H groups in total. The molecule has 0 aliphatic rings. The number of hydrogen-bond donors (Lipinski definition) is 1. The van der Waals surface area contributed by atoms with Crippen molar-refractivity contribution in [1.29, 1.82) is 0 Å². The number of amides is 2. The highest BCUT2D eigenvalue weighted by Crippen LogP contribution is 2.27. The monoisotopic (exact) mass is 386 g/mol. The van der Waals surface area contributed by atoms with Gasteiger partial charge in [-0.2, -0.15) is 0 Å². The van der Waals surface area contributed by atoms with Crippen LogP contribution in [0.2, 0.25) is 10.0 Å². The SMILES string of the molecule is CCCCNC(=O)[C@@H](CC)N(Cc1c(Cl)cccc1Cl)C(=O)CCC. The van der Waals surface area contributed by atoms with Crippen LogP contribution in [0.5, 0.6) is 0 Å². The molecular weight excluding hydrogens is 359 g/mol. The number of halogens is 2. The van der Waals surface area contributed by atoms with Crippen molar-refractivity contribution in [2.45, 2.75) is 65.5 Å². The van der Waals surface area contributed by atoms with Crippen molar-refractivity contribution in [3.63, 3.8) is 0 Å². The van der Waals surface area contributed by atoms with Gasteiger partial charge in [0.05, 0.1) is 0 Å². The quantitative estimate of drug-likeness (QED) is 0.586. The van der Waals surface area contributed by atoms with Gasteiger partial charge in [-0.1, -0.05) is 56.5 Å². The highest BCUT2D eigenvalue weighted by molar-refractivity contribution is 6.36. The molecule has 0 spiro atoms. The molecule has 1 aromatic carbocycles. The minimum atomic E-state index is -0.525. The second-order valence-corrected chi connectivity index (χ2v) is 6.85. The van der Waals surface area contributed by atoms with Crippen molar-refractivity contribution in [2.75, 3.05) is 6.54 Å². The van der Waals surface area contributed by atoms with Gasteiger partial charge in [0.25, 0.3) is 0 Å². The Morgan fingerprint density at radius 2 is 1.76 bits per heavy atom. The summed E-state index contributed by atoms with van der Waals surface area (Å²) in [6.45, 7) is 6.77. The molecule has 0 saturated heterocycles. The average Bonchev–Trinajstić information content (AvgIpc) is 2.57. The molecule has 0 aromatic heterocycles. The topological polar surface area (TPSA) is 49.4 Å². The first-order valence-electron chi connectivity index (χ1n) is 8.96. The molecule has 1 aromatic rings. The van der Waals surface area contributed by atoms with E-state index in [1.807, 2.05) is 13.8 Å². The molecule has 0 aliphatic heterocycles. The fourth-order valence-electron chi connectivity index (χ4n) is 2.64. The summed E-state index contributed by atoms with van der Waals surface area (Å²) in [5.41, 5.74) is 0.676. The summed E-state index contributed by atoms with van der Waals surface area (Å²) in [5, 5.41) is 3.93. The van der Waals surface area contributed by atoms with Crippen molar-refractivity contribution in [2.24, 2.45) is 0 Å². The smallest absolute Gasteiger partial charge is 0.242 e. The number of unbranched alkanes of at least 4 members (excludes halogenated alkanes) is 1.